The minimum absolute atomic E-state index is 0.161. The van der Waals surface area contributed by atoms with Crippen molar-refractivity contribution in [3.63, 3.8) is 0 Å². The van der Waals surface area contributed by atoms with E-state index in [1.54, 1.807) is 35.0 Å². The Morgan fingerprint density at radius 2 is 1.97 bits per heavy atom. The van der Waals surface area contributed by atoms with E-state index in [1.807, 2.05) is 32.9 Å². The van der Waals surface area contributed by atoms with Crippen molar-refractivity contribution in [2.24, 2.45) is 4.99 Å². The highest BCUT2D eigenvalue weighted by Gasteiger charge is 2.16. The number of carbonyl (C=O) groups excluding carboxylic acids is 1. The van der Waals surface area contributed by atoms with Gasteiger partial charge in [-0.05, 0) is 50.1 Å². The molecule has 3 aromatic heterocycles. The zero-order valence-electron chi connectivity index (χ0n) is 17.6. The Morgan fingerprint density at radius 3 is 2.68 bits per heavy atom. The van der Waals surface area contributed by atoms with Crippen LogP contribution < -0.4 is 11.0 Å². The molecule has 0 radical (unpaired) electrons. The number of nitrogens with zero attached hydrogens (tertiary/aromatic N) is 5. The van der Waals surface area contributed by atoms with E-state index in [1.165, 1.54) is 10.5 Å². The first-order valence-electron chi connectivity index (χ1n) is 10.1. The number of benzene rings is 1. The van der Waals surface area contributed by atoms with Crippen molar-refractivity contribution in [1.82, 2.24) is 14.0 Å². The lowest BCUT2D eigenvalue weighted by atomic mass is 10.1. The van der Waals surface area contributed by atoms with E-state index in [-0.39, 0.29) is 16.6 Å². The van der Waals surface area contributed by atoms with Crippen molar-refractivity contribution in [2.45, 2.75) is 33.7 Å². The normalized spacial score (nSPS) is 11.7. The van der Waals surface area contributed by atoms with Crippen molar-refractivity contribution in [3.8, 4) is 6.07 Å². The average Bonchev–Trinajstić information content (AvgIpc) is 2.76. The molecule has 0 N–H and O–H groups in total. The Hall–Kier alpha value is -4.05. The predicted molar refractivity (Wildman–Crippen MR) is 118 cm³/mol. The van der Waals surface area contributed by atoms with E-state index in [4.69, 9.17) is 4.98 Å². The number of carbonyl (C=O) groups is 1. The minimum Gasteiger partial charge on any atom is -0.309 e. The second-order valence-electron chi connectivity index (χ2n) is 7.47. The van der Waals surface area contributed by atoms with Crippen LogP contribution in [-0.4, -0.2) is 19.9 Å². The lowest BCUT2D eigenvalue weighted by Gasteiger charge is -2.13. The third kappa shape index (κ3) is 3.53. The van der Waals surface area contributed by atoms with Crippen LogP contribution in [0.3, 0.4) is 0 Å². The van der Waals surface area contributed by atoms with Crippen LogP contribution in [0.5, 0.6) is 0 Å². The molecule has 0 spiro atoms. The third-order valence-electron chi connectivity index (χ3n) is 5.15. The van der Waals surface area contributed by atoms with Crippen LogP contribution in [0, 0.1) is 25.2 Å². The molecule has 7 nitrogen and oxygen atoms in total. The molecule has 7 heteroatoms. The van der Waals surface area contributed by atoms with Gasteiger partial charge in [-0.1, -0.05) is 30.7 Å². The summed E-state index contributed by atoms with van der Waals surface area (Å²) in [5, 5.41) is 10.1. The van der Waals surface area contributed by atoms with Crippen molar-refractivity contribution < 1.29 is 4.79 Å². The SMILES string of the molecule is CCCn1c(=NC(=O)c2cccc(C)c2)c(C#N)cc2c(=O)n3cccc(C)c3nc21. The van der Waals surface area contributed by atoms with Crippen molar-refractivity contribution >= 4 is 22.6 Å². The summed E-state index contributed by atoms with van der Waals surface area (Å²) in [6.07, 6.45) is 2.37. The molecule has 154 valence electrons. The minimum atomic E-state index is -0.446. The highest BCUT2D eigenvalue weighted by atomic mass is 16.1. The maximum Gasteiger partial charge on any atom is 0.279 e. The van der Waals surface area contributed by atoms with Crippen LogP contribution in [0.1, 0.15) is 40.4 Å². The quantitative estimate of drug-likeness (QED) is 0.484. The number of fused-ring (bicyclic) bond motifs is 2. The zero-order chi connectivity index (χ0) is 22.1. The van der Waals surface area contributed by atoms with Crippen LogP contribution >= 0.6 is 0 Å². The number of rotatable bonds is 3. The van der Waals surface area contributed by atoms with Gasteiger partial charge in [0.15, 0.2) is 5.49 Å². The fourth-order valence-electron chi connectivity index (χ4n) is 3.66. The molecule has 0 aliphatic carbocycles. The molecule has 0 aliphatic rings. The van der Waals surface area contributed by atoms with Crippen LogP contribution in [0.2, 0.25) is 0 Å². The second-order valence-corrected chi connectivity index (χ2v) is 7.47. The van der Waals surface area contributed by atoms with Crippen molar-refractivity contribution in [2.75, 3.05) is 0 Å². The maximum atomic E-state index is 13.2. The molecule has 0 fully saturated rings. The molecule has 0 aliphatic heterocycles. The van der Waals surface area contributed by atoms with E-state index in [0.29, 0.717) is 35.2 Å². The van der Waals surface area contributed by atoms with Crippen LogP contribution in [-0.2, 0) is 6.54 Å². The van der Waals surface area contributed by atoms with Crippen LogP contribution in [0.4, 0.5) is 0 Å². The van der Waals surface area contributed by atoms with E-state index in [9.17, 15) is 14.9 Å². The van der Waals surface area contributed by atoms with Gasteiger partial charge in [-0.3, -0.25) is 14.0 Å². The average molecular weight is 411 g/mol. The zero-order valence-corrected chi connectivity index (χ0v) is 17.6. The summed E-state index contributed by atoms with van der Waals surface area (Å²) >= 11 is 0. The summed E-state index contributed by atoms with van der Waals surface area (Å²) in [6.45, 7) is 6.22. The van der Waals surface area contributed by atoms with E-state index >= 15 is 0 Å². The number of amides is 1. The number of hydrogen-bond donors (Lipinski definition) is 0. The number of hydrogen-bond acceptors (Lipinski definition) is 4. The standard InChI is InChI=1S/C24H21N5O2/c1-4-10-28-21(27-23(30)17-9-5-7-15(2)12-17)18(14-25)13-19-22(28)26-20-16(3)8-6-11-29(20)24(19)31/h5-9,11-13H,4,10H2,1-3H3. The van der Waals surface area contributed by atoms with E-state index in [2.05, 4.69) is 11.1 Å². The molecule has 31 heavy (non-hydrogen) atoms. The second kappa shape index (κ2) is 8.00. The number of nitriles is 1. The molecule has 3 heterocycles. The van der Waals surface area contributed by atoms with Gasteiger partial charge in [-0.25, -0.2) is 4.98 Å². The Bertz CT molecular complexity index is 1520. The van der Waals surface area contributed by atoms with E-state index in [0.717, 1.165) is 11.1 Å². The fourth-order valence-corrected chi connectivity index (χ4v) is 3.66. The first-order valence-corrected chi connectivity index (χ1v) is 10.1. The highest BCUT2D eigenvalue weighted by Crippen LogP contribution is 2.13. The number of aryl methyl sites for hydroxylation is 3. The Balaban J connectivity index is 2.12. The highest BCUT2D eigenvalue weighted by molar-refractivity contribution is 5.95. The first kappa shape index (κ1) is 20.2. The Morgan fingerprint density at radius 1 is 1.16 bits per heavy atom. The fraction of sp³-hybridized carbons (Fsp3) is 0.208. The first-order chi connectivity index (χ1) is 14.9. The van der Waals surface area contributed by atoms with Gasteiger partial charge in [0.05, 0.1) is 10.9 Å². The molecule has 1 aromatic carbocycles. The monoisotopic (exact) mass is 411 g/mol. The van der Waals surface area contributed by atoms with Crippen molar-refractivity contribution in [3.05, 3.63) is 86.8 Å². The Labute approximate surface area is 178 Å². The Kier molecular flexibility index (Phi) is 5.22. The predicted octanol–water partition coefficient (Wildman–Crippen LogP) is 3.29. The smallest absolute Gasteiger partial charge is 0.279 e. The lowest BCUT2D eigenvalue weighted by molar-refractivity contribution is 0.0997. The van der Waals surface area contributed by atoms with Gasteiger partial charge < -0.3 is 4.57 Å². The molecule has 0 bridgehead atoms. The summed E-state index contributed by atoms with van der Waals surface area (Å²) in [4.78, 5) is 35.1. The van der Waals surface area contributed by atoms with Crippen LogP contribution in [0.25, 0.3) is 16.7 Å². The summed E-state index contributed by atoms with van der Waals surface area (Å²) in [7, 11) is 0. The van der Waals surface area contributed by atoms with Crippen molar-refractivity contribution in [1.29, 1.82) is 5.26 Å². The van der Waals surface area contributed by atoms with Gasteiger partial charge in [0.25, 0.3) is 11.5 Å². The van der Waals surface area contributed by atoms with Gasteiger partial charge in [-0.2, -0.15) is 10.3 Å². The molecule has 4 rings (SSSR count). The van der Waals surface area contributed by atoms with Crippen LogP contribution in [0.15, 0.2) is 58.4 Å². The molecule has 1 amide bonds. The largest absolute Gasteiger partial charge is 0.309 e. The molecule has 0 unspecified atom stereocenters. The van der Waals surface area contributed by atoms with Gasteiger partial charge in [0.1, 0.15) is 17.4 Å². The van der Waals surface area contributed by atoms with Gasteiger partial charge in [0.2, 0.25) is 0 Å². The molecule has 0 atom stereocenters. The molecule has 4 aromatic rings. The number of aromatic nitrogens is 3. The van der Waals surface area contributed by atoms with Gasteiger partial charge in [-0.15, -0.1) is 0 Å². The summed E-state index contributed by atoms with van der Waals surface area (Å²) in [5.41, 5.74) is 3.29. The van der Waals surface area contributed by atoms with Gasteiger partial charge in [0, 0.05) is 18.3 Å². The summed E-state index contributed by atoms with van der Waals surface area (Å²) in [5.74, 6) is -0.446. The lowest BCUT2D eigenvalue weighted by Crippen LogP contribution is -2.29. The topological polar surface area (TPSA) is 92.5 Å². The molecular formula is C24H21N5O2. The molecule has 0 saturated heterocycles. The number of pyridine rings is 2. The van der Waals surface area contributed by atoms with Gasteiger partial charge >= 0.3 is 0 Å². The maximum absolute atomic E-state index is 13.2. The summed E-state index contributed by atoms with van der Waals surface area (Å²) < 4.78 is 3.18. The van der Waals surface area contributed by atoms with E-state index < -0.39 is 5.91 Å². The third-order valence-corrected chi connectivity index (χ3v) is 5.15. The molecular weight excluding hydrogens is 390 g/mol. The summed E-state index contributed by atoms with van der Waals surface area (Å²) in [6, 6.07) is 14.4. The molecule has 0 saturated carbocycles.